The van der Waals surface area contributed by atoms with E-state index in [2.05, 4.69) is 41.2 Å². The van der Waals surface area contributed by atoms with Crippen molar-refractivity contribution in [3.8, 4) is 16.9 Å². The van der Waals surface area contributed by atoms with Crippen molar-refractivity contribution in [2.24, 2.45) is 0 Å². The van der Waals surface area contributed by atoms with E-state index in [1.807, 2.05) is 42.3 Å². The molecule has 2 heterocycles. The molecule has 3 aromatic carbocycles. The predicted molar refractivity (Wildman–Crippen MR) is 146 cm³/mol. The number of hydrogen-bond acceptors (Lipinski definition) is 6. The zero-order valence-electron chi connectivity index (χ0n) is 20.4. The summed E-state index contributed by atoms with van der Waals surface area (Å²) in [7, 11) is 4.09. The van der Waals surface area contributed by atoms with Gasteiger partial charge in [-0.05, 0) is 73.5 Å². The van der Waals surface area contributed by atoms with E-state index in [1.54, 1.807) is 12.1 Å². The monoisotopic (exact) mass is 500 g/mol. The molecule has 5 rings (SSSR count). The topological polar surface area (TPSA) is 81.2 Å². The average Bonchev–Trinajstić information content (AvgIpc) is 2.89. The van der Waals surface area contributed by atoms with Crippen LogP contribution in [0.15, 0.2) is 66.7 Å². The van der Waals surface area contributed by atoms with Gasteiger partial charge >= 0.3 is 0 Å². The van der Waals surface area contributed by atoms with Crippen molar-refractivity contribution in [3.63, 3.8) is 0 Å². The Kier molecular flexibility index (Phi) is 6.76. The highest BCUT2D eigenvalue weighted by molar-refractivity contribution is 6.31. The molecule has 4 aromatic rings. The summed E-state index contributed by atoms with van der Waals surface area (Å²) in [5.74, 6) is 1.53. The summed E-state index contributed by atoms with van der Waals surface area (Å²) in [6.07, 6.45) is 3.47. The molecule has 0 spiro atoms. The van der Waals surface area contributed by atoms with E-state index < -0.39 is 0 Å². The zero-order valence-corrected chi connectivity index (χ0v) is 21.2. The second-order valence-corrected chi connectivity index (χ2v) is 9.61. The zero-order chi connectivity index (χ0) is 25.2. The Bertz CT molecular complexity index is 1460. The molecular formula is C28H29ClN6O. The van der Waals surface area contributed by atoms with Gasteiger partial charge in [0, 0.05) is 36.2 Å². The standard InChI is InChI=1S/C28H29ClN6O/c1-33-14-12-24(13-15-33)36-23-9-6-19(7-10-23)20-4-3-5-22(16-20)34(2)27-25-11-8-21(29)17-26(25)35(18-30)28(31)32-27/h3-11,16-18,24,30-31H,12-15H2,1-2H3. The largest absolute Gasteiger partial charge is 0.490 e. The van der Waals surface area contributed by atoms with E-state index in [4.69, 9.17) is 27.2 Å². The maximum Gasteiger partial charge on any atom is 0.229 e. The average molecular weight is 501 g/mol. The quantitative estimate of drug-likeness (QED) is 0.269. The third kappa shape index (κ3) is 4.85. The molecule has 0 unspecified atom stereocenters. The first-order valence-electron chi connectivity index (χ1n) is 12.0. The van der Waals surface area contributed by atoms with Gasteiger partial charge in [-0.1, -0.05) is 35.9 Å². The molecule has 1 saturated heterocycles. The molecule has 7 nitrogen and oxygen atoms in total. The molecule has 0 atom stereocenters. The number of aromatic nitrogens is 2. The van der Waals surface area contributed by atoms with Crippen LogP contribution in [0.3, 0.4) is 0 Å². The fourth-order valence-electron chi connectivity index (χ4n) is 4.65. The first kappa shape index (κ1) is 24.0. The van der Waals surface area contributed by atoms with Crippen LogP contribution in [0.2, 0.25) is 5.02 Å². The van der Waals surface area contributed by atoms with Crippen molar-refractivity contribution in [3.05, 3.63) is 77.4 Å². The van der Waals surface area contributed by atoms with Crippen LogP contribution < -0.4 is 15.3 Å². The number of nitrogens with one attached hydrogen (secondary N) is 2. The molecule has 1 aromatic heterocycles. The molecule has 1 aliphatic rings. The van der Waals surface area contributed by atoms with Crippen molar-refractivity contribution in [1.29, 1.82) is 10.8 Å². The van der Waals surface area contributed by atoms with Crippen LogP contribution in [0.4, 0.5) is 11.5 Å². The highest BCUT2D eigenvalue weighted by atomic mass is 35.5. The van der Waals surface area contributed by atoms with Crippen LogP contribution in [0.25, 0.3) is 22.0 Å². The van der Waals surface area contributed by atoms with E-state index in [1.165, 1.54) is 4.57 Å². The Morgan fingerprint density at radius 3 is 2.50 bits per heavy atom. The molecule has 0 aliphatic carbocycles. The van der Waals surface area contributed by atoms with Gasteiger partial charge in [0.25, 0.3) is 0 Å². The number of benzene rings is 3. The Labute approximate surface area is 215 Å². The summed E-state index contributed by atoms with van der Waals surface area (Å²) >= 11 is 6.21. The fourth-order valence-corrected chi connectivity index (χ4v) is 4.81. The molecular weight excluding hydrogens is 472 g/mol. The lowest BCUT2D eigenvalue weighted by molar-refractivity contribution is 0.114. The van der Waals surface area contributed by atoms with Crippen LogP contribution in [0.5, 0.6) is 5.75 Å². The van der Waals surface area contributed by atoms with Crippen molar-refractivity contribution in [1.82, 2.24) is 14.5 Å². The summed E-state index contributed by atoms with van der Waals surface area (Å²) in [4.78, 5) is 8.80. The second kappa shape index (κ2) is 10.1. The summed E-state index contributed by atoms with van der Waals surface area (Å²) in [5.41, 5.74) is 3.75. The van der Waals surface area contributed by atoms with Crippen LogP contribution in [0.1, 0.15) is 12.8 Å². The minimum Gasteiger partial charge on any atom is -0.490 e. The number of anilines is 2. The molecule has 1 fully saturated rings. The summed E-state index contributed by atoms with van der Waals surface area (Å²) < 4.78 is 7.61. The van der Waals surface area contributed by atoms with Gasteiger partial charge in [-0.3, -0.25) is 15.4 Å². The van der Waals surface area contributed by atoms with Crippen LogP contribution in [-0.4, -0.2) is 54.1 Å². The first-order chi connectivity index (χ1) is 17.4. The molecule has 8 heteroatoms. The van der Waals surface area contributed by atoms with E-state index in [-0.39, 0.29) is 11.7 Å². The number of piperidine rings is 1. The van der Waals surface area contributed by atoms with Gasteiger partial charge in [-0.2, -0.15) is 4.98 Å². The Morgan fingerprint density at radius 1 is 1.03 bits per heavy atom. The second-order valence-electron chi connectivity index (χ2n) is 9.17. The SMILES string of the molecule is CN1CCC(Oc2ccc(-c3cccc(N(C)c4nc(=N)n(C=N)c5cc(Cl)ccc45)c3)cc2)CC1. The minimum absolute atomic E-state index is 0.0297. The lowest BCUT2D eigenvalue weighted by Gasteiger charge is -2.29. The summed E-state index contributed by atoms with van der Waals surface area (Å²) in [6.45, 7) is 2.15. The fraction of sp³-hybridized carbons (Fsp3) is 0.250. The molecule has 0 radical (unpaired) electrons. The van der Waals surface area contributed by atoms with Crippen molar-refractivity contribution in [2.75, 3.05) is 32.1 Å². The van der Waals surface area contributed by atoms with Crippen LogP contribution >= 0.6 is 11.6 Å². The maximum absolute atomic E-state index is 8.34. The Morgan fingerprint density at radius 2 is 1.78 bits per heavy atom. The van der Waals surface area contributed by atoms with E-state index in [9.17, 15) is 0 Å². The Balaban J connectivity index is 1.42. The number of likely N-dealkylation sites (tertiary alicyclic amines) is 1. The van der Waals surface area contributed by atoms with Crippen LogP contribution in [-0.2, 0) is 0 Å². The van der Waals surface area contributed by atoms with Gasteiger partial charge in [0.1, 0.15) is 17.7 Å². The highest BCUT2D eigenvalue weighted by Gasteiger charge is 2.18. The molecule has 184 valence electrons. The molecule has 36 heavy (non-hydrogen) atoms. The number of fused-ring (bicyclic) bond motifs is 1. The third-order valence-corrected chi connectivity index (χ3v) is 6.97. The van der Waals surface area contributed by atoms with Gasteiger partial charge < -0.3 is 14.5 Å². The first-order valence-corrected chi connectivity index (χ1v) is 12.4. The predicted octanol–water partition coefficient (Wildman–Crippen LogP) is 5.53. The lowest BCUT2D eigenvalue weighted by Crippen LogP contribution is -2.35. The Hall–Kier alpha value is -3.68. The smallest absolute Gasteiger partial charge is 0.229 e. The van der Waals surface area contributed by atoms with Gasteiger partial charge in [0.15, 0.2) is 0 Å². The molecule has 0 amide bonds. The highest BCUT2D eigenvalue weighted by Crippen LogP contribution is 2.32. The van der Waals surface area contributed by atoms with Crippen LogP contribution in [0, 0.1) is 10.8 Å². The van der Waals surface area contributed by atoms with Gasteiger partial charge in [-0.15, -0.1) is 0 Å². The summed E-state index contributed by atoms with van der Waals surface area (Å²) in [5, 5.41) is 17.4. The van der Waals surface area contributed by atoms with Gasteiger partial charge in [0.05, 0.1) is 11.9 Å². The summed E-state index contributed by atoms with van der Waals surface area (Å²) in [6, 6.07) is 21.9. The molecule has 0 saturated carbocycles. The minimum atomic E-state index is -0.0297. The van der Waals surface area contributed by atoms with Crippen molar-refractivity contribution >= 4 is 40.3 Å². The van der Waals surface area contributed by atoms with E-state index >= 15 is 0 Å². The van der Waals surface area contributed by atoms with E-state index in [0.29, 0.717) is 16.4 Å². The molecule has 1 aliphatic heterocycles. The number of nitrogens with zero attached hydrogens (tertiary/aromatic N) is 4. The number of ether oxygens (including phenoxy) is 1. The van der Waals surface area contributed by atoms with Gasteiger partial charge in [-0.25, -0.2) is 0 Å². The molecule has 0 bridgehead atoms. The van der Waals surface area contributed by atoms with E-state index in [0.717, 1.165) is 60.2 Å². The third-order valence-electron chi connectivity index (χ3n) is 6.74. The normalized spacial score (nSPS) is 14.6. The number of halogens is 1. The van der Waals surface area contributed by atoms with Gasteiger partial charge in [0.2, 0.25) is 5.62 Å². The van der Waals surface area contributed by atoms with Crippen molar-refractivity contribution in [2.45, 2.75) is 18.9 Å². The maximum atomic E-state index is 8.34. The number of rotatable bonds is 6. The number of hydrogen-bond donors (Lipinski definition) is 2. The molecule has 2 N–H and O–H groups in total. The van der Waals surface area contributed by atoms with Crippen molar-refractivity contribution < 1.29 is 4.74 Å². The lowest BCUT2D eigenvalue weighted by atomic mass is 10.0.